The maximum absolute atomic E-state index is 4.88. The predicted octanol–water partition coefficient (Wildman–Crippen LogP) is 5.26. The maximum atomic E-state index is 4.88. The van der Waals surface area contributed by atoms with Gasteiger partial charge in [0, 0.05) is 28.1 Å². The number of H-pyrrole nitrogens is 1. The molecule has 1 aliphatic heterocycles. The largest absolute Gasteiger partial charge is 0.281 e. The van der Waals surface area contributed by atoms with Crippen molar-refractivity contribution in [1.29, 1.82) is 0 Å². The summed E-state index contributed by atoms with van der Waals surface area (Å²) in [6.07, 6.45) is 0. The highest BCUT2D eigenvalue weighted by Crippen LogP contribution is 2.48. The molecule has 0 amide bonds. The molecule has 0 saturated heterocycles. The van der Waals surface area contributed by atoms with Crippen LogP contribution in [0.2, 0.25) is 0 Å². The first-order valence-corrected chi connectivity index (χ1v) is 8.91. The van der Waals surface area contributed by atoms with Crippen molar-refractivity contribution < 1.29 is 0 Å². The van der Waals surface area contributed by atoms with Crippen molar-refractivity contribution in [3.63, 3.8) is 0 Å². The highest BCUT2D eigenvalue weighted by molar-refractivity contribution is 6.09. The van der Waals surface area contributed by atoms with Crippen LogP contribution < -0.4 is 4.90 Å². The summed E-state index contributed by atoms with van der Waals surface area (Å²) in [5, 5.41) is 11.0. The number of para-hydroxylation sites is 1. The Kier molecular flexibility index (Phi) is 2.75. The fraction of sp³-hybridized carbons (Fsp3) is 0.0455. The van der Waals surface area contributed by atoms with E-state index >= 15 is 0 Å². The number of aromatic nitrogens is 4. The lowest BCUT2D eigenvalue weighted by atomic mass is 9.99. The first-order valence-electron chi connectivity index (χ1n) is 8.91. The molecule has 5 aromatic rings. The van der Waals surface area contributed by atoms with Crippen molar-refractivity contribution in [2.45, 2.75) is 6.92 Å². The van der Waals surface area contributed by atoms with Crippen LogP contribution in [0, 0.1) is 6.92 Å². The maximum Gasteiger partial charge on any atom is 0.164 e. The van der Waals surface area contributed by atoms with Gasteiger partial charge in [-0.3, -0.25) is 10.00 Å². The molecule has 0 saturated carbocycles. The Labute approximate surface area is 155 Å². The van der Waals surface area contributed by atoms with Crippen LogP contribution in [0.5, 0.6) is 0 Å². The van der Waals surface area contributed by atoms with E-state index in [4.69, 9.17) is 9.97 Å². The minimum atomic E-state index is 0.757. The molecule has 0 atom stereocenters. The first kappa shape index (κ1) is 14.4. The van der Waals surface area contributed by atoms with E-state index in [9.17, 15) is 0 Å². The molecule has 5 nitrogen and oxygen atoms in total. The molecule has 1 N–H and O–H groups in total. The summed E-state index contributed by atoms with van der Waals surface area (Å²) in [4.78, 5) is 11.9. The third-order valence-electron chi connectivity index (χ3n) is 5.08. The van der Waals surface area contributed by atoms with E-state index in [1.165, 1.54) is 5.39 Å². The van der Waals surface area contributed by atoms with Gasteiger partial charge >= 0.3 is 0 Å². The molecule has 2 bridgehead atoms. The molecular formula is C22H15N5. The molecule has 0 radical (unpaired) electrons. The molecule has 0 fully saturated rings. The highest BCUT2D eigenvalue weighted by Gasteiger charge is 2.30. The summed E-state index contributed by atoms with van der Waals surface area (Å²) < 4.78 is 0. The van der Waals surface area contributed by atoms with E-state index in [1.807, 2.05) is 31.2 Å². The summed E-state index contributed by atoms with van der Waals surface area (Å²) in [5.41, 5.74) is 4.05. The van der Waals surface area contributed by atoms with Crippen molar-refractivity contribution >= 4 is 39.0 Å². The van der Waals surface area contributed by atoms with Crippen molar-refractivity contribution in [1.82, 2.24) is 20.2 Å². The summed E-state index contributed by atoms with van der Waals surface area (Å²) in [6, 6.07) is 22.8. The minimum Gasteiger partial charge on any atom is -0.281 e. The van der Waals surface area contributed by atoms with Crippen LogP contribution in [0.3, 0.4) is 0 Å². The number of anilines is 3. The van der Waals surface area contributed by atoms with Gasteiger partial charge in [0.05, 0.1) is 11.2 Å². The number of nitrogens with zero attached hydrogens (tertiary/aromatic N) is 4. The zero-order valence-corrected chi connectivity index (χ0v) is 14.6. The number of hydrogen-bond acceptors (Lipinski definition) is 4. The Hall–Kier alpha value is -3.73. The van der Waals surface area contributed by atoms with Gasteiger partial charge in [0.1, 0.15) is 0 Å². The van der Waals surface area contributed by atoms with Crippen LogP contribution in [-0.2, 0) is 0 Å². The van der Waals surface area contributed by atoms with E-state index in [-0.39, 0.29) is 0 Å². The van der Waals surface area contributed by atoms with Crippen molar-refractivity contribution in [2.75, 3.05) is 4.90 Å². The van der Waals surface area contributed by atoms with Gasteiger partial charge in [-0.15, -0.1) is 0 Å². The monoisotopic (exact) mass is 349 g/mol. The lowest BCUT2D eigenvalue weighted by molar-refractivity contribution is 1.02. The summed E-state index contributed by atoms with van der Waals surface area (Å²) in [6.45, 7) is 2.01. The fourth-order valence-electron chi connectivity index (χ4n) is 3.87. The molecule has 0 unspecified atom stereocenters. The second kappa shape index (κ2) is 5.14. The second-order valence-corrected chi connectivity index (χ2v) is 6.82. The summed E-state index contributed by atoms with van der Waals surface area (Å²) in [5.74, 6) is 2.46. The first-order chi connectivity index (χ1) is 13.3. The third kappa shape index (κ3) is 1.96. The van der Waals surface area contributed by atoms with Crippen molar-refractivity contribution in [3.8, 4) is 11.4 Å². The zero-order chi connectivity index (χ0) is 18.0. The van der Waals surface area contributed by atoms with Gasteiger partial charge in [-0.1, -0.05) is 42.5 Å². The summed E-state index contributed by atoms with van der Waals surface area (Å²) >= 11 is 0. The van der Waals surface area contributed by atoms with Gasteiger partial charge in [-0.25, -0.2) is 9.97 Å². The zero-order valence-electron chi connectivity index (χ0n) is 14.6. The number of hydrogen-bond donors (Lipinski definition) is 1. The molecule has 1 aliphatic rings. The number of aryl methyl sites for hydroxylation is 1. The van der Waals surface area contributed by atoms with Crippen LogP contribution >= 0.6 is 0 Å². The van der Waals surface area contributed by atoms with Gasteiger partial charge in [0.2, 0.25) is 0 Å². The number of rotatable bonds is 1. The number of benzene rings is 3. The van der Waals surface area contributed by atoms with Crippen LogP contribution in [0.25, 0.3) is 33.1 Å². The Morgan fingerprint density at radius 2 is 1.67 bits per heavy atom. The van der Waals surface area contributed by atoms with Crippen LogP contribution in [0.1, 0.15) is 5.69 Å². The molecule has 0 aliphatic carbocycles. The normalized spacial score (nSPS) is 12.6. The topological polar surface area (TPSA) is 57.7 Å². The van der Waals surface area contributed by atoms with Gasteiger partial charge in [-0.05, 0) is 30.5 Å². The molecule has 0 spiro atoms. The quantitative estimate of drug-likeness (QED) is 0.440. The molecule has 5 heteroatoms. The lowest BCUT2D eigenvalue weighted by Gasteiger charge is -2.30. The molecule has 27 heavy (non-hydrogen) atoms. The van der Waals surface area contributed by atoms with Crippen molar-refractivity contribution in [2.24, 2.45) is 0 Å². The van der Waals surface area contributed by atoms with E-state index in [0.717, 1.165) is 50.7 Å². The Morgan fingerprint density at radius 1 is 0.852 bits per heavy atom. The standard InChI is InChI=1S/C22H15N5/c1-13-12-19(26-25-13)27-20-15-7-3-2-6-14(15)10-11-17(20)21-23-18-9-5-4-8-16(18)22(27)24-21/h2-12H,1H3,(H,25,26). The van der Waals surface area contributed by atoms with Crippen LogP contribution in [0.15, 0.2) is 66.7 Å². The minimum absolute atomic E-state index is 0.757. The van der Waals surface area contributed by atoms with Crippen molar-refractivity contribution in [3.05, 3.63) is 72.4 Å². The molecule has 6 rings (SSSR count). The van der Waals surface area contributed by atoms with Gasteiger partial charge in [-0.2, -0.15) is 5.10 Å². The van der Waals surface area contributed by atoms with E-state index < -0.39 is 0 Å². The predicted molar refractivity (Wildman–Crippen MR) is 108 cm³/mol. The fourth-order valence-corrected chi connectivity index (χ4v) is 3.87. The number of fused-ring (bicyclic) bond motifs is 8. The number of aromatic amines is 1. The van der Waals surface area contributed by atoms with E-state index in [0.29, 0.717) is 0 Å². The molecule has 128 valence electrons. The molecule has 3 heterocycles. The number of nitrogens with one attached hydrogen (secondary N) is 1. The lowest BCUT2D eigenvalue weighted by Crippen LogP contribution is -2.19. The molecular weight excluding hydrogens is 334 g/mol. The van der Waals surface area contributed by atoms with E-state index in [2.05, 4.69) is 57.6 Å². The van der Waals surface area contributed by atoms with Crippen LogP contribution in [-0.4, -0.2) is 20.2 Å². The SMILES string of the molecule is Cc1cc(N2c3c(ccc4ccccc34)-c3nc2c2ccccc2n3)n[nH]1. The Bertz CT molecular complexity index is 1350. The molecule has 3 aromatic carbocycles. The summed E-state index contributed by atoms with van der Waals surface area (Å²) in [7, 11) is 0. The van der Waals surface area contributed by atoms with Gasteiger partial charge < -0.3 is 0 Å². The third-order valence-corrected chi connectivity index (χ3v) is 5.08. The molecule has 2 aromatic heterocycles. The van der Waals surface area contributed by atoms with Gasteiger partial charge in [0.15, 0.2) is 17.5 Å². The van der Waals surface area contributed by atoms with E-state index in [1.54, 1.807) is 0 Å². The Morgan fingerprint density at radius 3 is 2.52 bits per heavy atom. The van der Waals surface area contributed by atoms with Crippen LogP contribution in [0.4, 0.5) is 17.3 Å². The average molecular weight is 349 g/mol. The second-order valence-electron chi connectivity index (χ2n) is 6.82. The average Bonchev–Trinajstić information content (AvgIpc) is 3.14. The van der Waals surface area contributed by atoms with Gasteiger partial charge in [0.25, 0.3) is 0 Å². The highest BCUT2D eigenvalue weighted by atomic mass is 15.3. The smallest absolute Gasteiger partial charge is 0.164 e. The Balaban J connectivity index is 1.80.